The summed E-state index contributed by atoms with van der Waals surface area (Å²) >= 11 is -2.12. The van der Waals surface area contributed by atoms with Crippen LogP contribution in [-0.4, -0.2) is 33.4 Å². The lowest BCUT2D eigenvalue weighted by Gasteiger charge is -2.37. The summed E-state index contributed by atoms with van der Waals surface area (Å²) in [5.41, 5.74) is -3.31. The minimum absolute atomic E-state index is 0.711. The summed E-state index contributed by atoms with van der Waals surface area (Å²) in [5.74, 6) is -2.98. The standard InChI is InChI=1S/C15H19F6NO2S/c1-13(2,3)25(24)22-14(8-16,7-11(23)15(19,20)21)9-5-4-6-10(17)12(9)18/h4-6,11,22-23H,7-8H2,1-3H3/t11-,14?,25+/m0/s1. The highest BCUT2D eigenvalue weighted by Gasteiger charge is 2.50. The molecule has 3 nitrogen and oxygen atoms in total. The molecule has 1 aromatic carbocycles. The number of aliphatic hydroxyl groups is 1. The number of hydrogen-bond acceptors (Lipinski definition) is 3. The number of aliphatic hydroxyl groups excluding tert-OH is 1. The van der Waals surface area contributed by atoms with Crippen molar-refractivity contribution in [3.63, 3.8) is 0 Å². The smallest absolute Gasteiger partial charge is 0.414 e. The van der Waals surface area contributed by atoms with Crippen LogP contribution in [0.1, 0.15) is 32.8 Å². The van der Waals surface area contributed by atoms with E-state index >= 15 is 0 Å². The number of alkyl halides is 4. The molecule has 0 amide bonds. The van der Waals surface area contributed by atoms with Crippen LogP contribution < -0.4 is 4.72 Å². The van der Waals surface area contributed by atoms with Crippen molar-refractivity contribution in [3.8, 4) is 0 Å². The molecule has 0 fully saturated rings. The van der Waals surface area contributed by atoms with E-state index < -0.39 is 64.2 Å². The van der Waals surface area contributed by atoms with Gasteiger partial charge in [0, 0.05) is 23.3 Å². The van der Waals surface area contributed by atoms with Crippen LogP contribution in [0.3, 0.4) is 0 Å². The molecule has 1 aromatic rings. The summed E-state index contributed by atoms with van der Waals surface area (Å²) < 4.78 is 93.1. The number of hydrogen-bond donors (Lipinski definition) is 2. The predicted molar refractivity (Wildman–Crippen MR) is 81.7 cm³/mol. The van der Waals surface area contributed by atoms with Gasteiger partial charge >= 0.3 is 6.18 Å². The molecule has 10 heteroatoms. The van der Waals surface area contributed by atoms with E-state index in [4.69, 9.17) is 0 Å². The van der Waals surface area contributed by atoms with Gasteiger partial charge in [0.05, 0.1) is 0 Å². The zero-order valence-corrected chi connectivity index (χ0v) is 14.6. The molecule has 0 aliphatic carbocycles. The molecule has 1 unspecified atom stereocenters. The van der Waals surface area contributed by atoms with Gasteiger partial charge in [-0.3, -0.25) is 0 Å². The molecule has 0 heterocycles. The van der Waals surface area contributed by atoms with Crippen molar-refractivity contribution in [3.05, 3.63) is 35.4 Å². The van der Waals surface area contributed by atoms with E-state index in [0.29, 0.717) is 6.07 Å². The van der Waals surface area contributed by atoms with Crippen LogP contribution in [0.5, 0.6) is 0 Å². The van der Waals surface area contributed by atoms with Crippen molar-refractivity contribution in [2.75, 3.05) is 6.67 Å². The van der Waals surface area contributed by atoms with Gasteiger partial charge in [0.2, 0.25) is 0 Å². The van der Waals surface area contributed by atoms with Gasteiger partial charge in [0.1, 0.15) is 17.0 Å². The van der Waals surface area contributed by atoms with Gasteiger partial charge in [0.25, 0.3) is 0 Å². The Bertz CT molecular complexity index is 568. The summed E-state index contributed by atoms with van der Waals surface area (Å²) in [6.07, 6.45) is -9.53. The number of nitrogens with one attached hydrogen (secondary N) is 1. The van der Waals surface area contributed by atoms with E-state index in [9.17, 15) is 36.0 Å². The monoisotopic (exact) mass is 391 g/mol. The molecule has 0 bridgehead atoms. The topological polar surface area (TPSA) is 55.3 Å². The third-order valence-electron chi connectivity index (χ3n) is 3.46. The first-order chi connectivity index (χ1) is 11.2. The van der Waals surface area contributed by atoms with E-state index in [0.717, 1.165) is 12.1 Å². The van der Waals surface area contributed by atoms with Gasteiger partial charge in [-0.2, -0.15) is 13.2 Å². The van der Waals surface area contributed by atoms with E-state index in [-0.39, 0.29) is 0 Å². The third kappa shape index (κ3) is 5.25. The summed E-state index contributed by atoms with van der Waals surface area (Å²) in [5, 5.41) is 9.34. The Balaban J connectivity index is 3.45. The first-order valence-electron chi connectivity index (χ1n) is 7.19. The van der Waals surface area contributed by atoms with E-state index in [1.165, 1.54) is 20.8 Å². The van der Waals surface area contributed by atoms with Crippen molar-refractivity contribution < 1.29 is 36.0 Å². The van der Waals surface area contributed by atoms with Crippen molar-refractivity contribution in [2.45, 2.75) is 49.8 Å². The minimum Gasteiger partial charge on any atom is -0.598 e. The van der Waals surface area contributed by atoms with Gasteiger partial charge in [-0.15, -0.1) is 4.72 Å². The summed E-state index contributed by atoms with van der Waals surface area (Å²) in [4.78, 5) is 0. The van der Waals surface area contributed by atoms with Gasteiger partial charge < -0.3 is 9.66 Å². The van der Waals surface area contributed by atoms with Crippen LogP contribution in [0.4, 0.5) is 26.3 Å². The largest absolute Gasteiger partial charge is 0.598 e. The van der Waals surface area contributed by atoms with Crippen molar-refractivity contribution >= 4 is 11.4 Å². The van der Waals surface area contributed by atoms with Crippen molar-refractivity contribution in [2.24, 2.45) is 0 Å². The Kier molecular flexibility index (Phi) is 6.82. The molecule has 0 spiro atoms. The highest BCUT2D eigenvalue weighted by atomic mass is 32.2. The average molecular weight is 391 g/mol. The molecular formula is C15H19F6NO2S. The van der Waals surface area contributed by atoms with Crippen LogP contribution in [0.15, 0.2) is 18.2 Å². The predicted octanol–water partition coefficient (Wildman–Crippen LogP) is 3.49. The lowest BCUT2D eigenvalue weighted by molar-refractivity contribution is -0.210. The first-order valence-corrected chi connectivity index (χ1v) is 8.34. The number of benzene rings is 1. The summed E-state index contributed by atoms with van der Waals surface area (Å²) in [6.45, 7) is 2.73. The first kappa shape index (κ1) is 22.1. The van der Waals surface area contributed by atoms with Gasteiger partial charge in [-0.25, -0.2) is 13.2 Å². The minimum atomic E-state index is -5.12. The molecule has 0 radical (unpaired) electrons. The zero-order chi connectivity index (χ0) is 19.6. The quantitative estimate of drug-likeness (QED) is 0.577. The molecule has 1 rings (SSSR count). The van der Waals surface area contributed by atoms with Crippen LogP contribution >= 0.6 is 0 Å². The normalized spacial score (nSPS) is 17.9. The third-order valence-corrected chi connectivity index (χ3v) is 5.15. The second-order valence-electron chi connectivity index (χ2n) is 6.56. The average Bonchev–Trinajstić information content (AvgIpc) is 2.47. The fraction of sp³-hybridized carbons (Fsp3) is 0.600. The lowest BCUT2D eigenvalue weighted by Crippen LogP contribution is -2.55. The molecule has 0 aliphatic heterocycles. The number of rotatable bonds is 6. The van der Waals surface area contributed by atoms with E-state index in [1.54, 1.807) is 0 Å². The fourth-order valence-electron chi connectivity index (χ4n) is 2.01. The molecule has 0 aliphatic rings. The maximum Gasteiger partial charge on any atom is 0.414 e. The SMILES string of the molecule is CC(C)(C)[S@@+]([O-])NC(CF)(C[C@H](O)C(F)(F)F)c1cccc(F)c1F. The Morgan fingerprint density at radius 3 is 2.20 bits per heavy atom. The Morgan fingerprint density at radius 1 is 1.20 bits per heavy atom. The summed E-state index contributed by atoms with van der Waals surface area (Å²) in [7, 11) is 0. The Hall–Kier alpha value is -0.970. The molecule has 0 saturated heterocycles. The second kappa shape index (κ2) is 7.73. The molecule has 0 saturated carbocycles. The van der Waals surface area contributed by atoms with Gasteiger partial charge in [-0.05, 0) is 26.8 Å². The molecule has 144 valence electrons. The maximum atomic E-state index is 14.1. The van der Waals surface area contributed by atoms with Crippen LogP contribution in [0.2, 0.25) is 0 Å². The van der Waals surface area contributed by atoms with Crippen molar-refractivity contribution in [1.29, 1.82) is 0 Å². The Labute approximate surface area is 144 Å². The maximum absolute atomic E-state index is 14.1. The van der Waals surface area contributed by atoms with Crippen LogP contribution in [0, 0.1) is 11.6 Å². The summed E-state index contributed by atoms with van der Waals surface area (Å²) in [6, 6.07) is 2.58. The molecular weight excluding hydrogens is 372 g/mol. The number of halogens is 6. The molecule has 2 N–H and O–H groups in total. The lowest BCUT2D eigenvalue weighted by atomic mass is 9.86. The highest BCUT2D eigenvalue weighted by Crippen LogP contribution is 2.36. The van der Waals surface area contributed by atoms with E-state index in [1.807, 2.05) is 0 Å². The highest BCUT2D eigenvalue weighted by molar-refractivity contribution is 7.90. The van der Waals surface area contributed by atoms with Gasteiger partial charge in [-0.1, -0.05) is 12.1 Å². The molecule has 0 aromatic heterocycles. The molecule has 25 heavy (non-hydrogen) atoms. The van der Waals surface area contributed by atoms with Crippen LogP contribution in [-0.2, 0) is 16.9 Å². The Morgan fingerprint density at radius 2 is 1.76 bits per heavy atom. The second-order valence-corrected chi connectivity index (χ2v) is 8.53. The van der Waals surface area contributed by atoms with E-state index in [2.05, 4.69) is 4.72 Å². The van der Waals surface area contributed by atoms with Crippen molar-refractivity contribution in [1.82, 2.24) is 4.72 Å². The van der Waals surface area contributed by atoms with Crippen LogP contribution in [0.25, 0.3) is 0 Å². The zero-order valence-electron chi connectivity index (χ0n) is 13.8. The van der Waals surface area contributed by atoms with Gasteiger partial charge in [0.15, 0.2) is 17.7 Å². The fourth-order valence-corrected chi connectivity index (χ4v) is 2.92. The molecule has 3 atom stereocenters.